The first-order valence-electron chi connectivity index (χ1n) is 46.9. The Kier molecular flexibility index (Phi) is 43.9. The summed E-state index contributed by atoms with van der Waals surface area (Å²) in [6, 6.07) is -9.86. The molecule has 149 heavy (non-hydrogen) atoms. The molecule has 11 aliphatic rings. The summed E-state index contributed by atoms with van der Waals surface area (Å²) in [6.07, 6.45) is -117. The van der Waals surface area contributed by atoms with Gasteiger partial charge in [-0.25, -0.2) is 9.59 Å². The third kappa shape index (κ3) is 27.2. The van der Waals surface area contributed by atoms with Crippen molar-refractivity contribution in [3.8, 4) is 0 Å². The standard InChI is InChI=1S/C82H135N5O62/c1-19(97)83-37-24(102)6-82(80(127)128,147-64(37)43(107)26(104)8-88)149-67-48(112)30(12-92)132-76(59(67)123)143-63-34(16-96)136-72(40(53(63)117)86-22(4)100)145-68-55(119)45(109)28(10-90)133-77(68)129-17-35-49(113)65(58(122)75(138-35)142-62-33(15-95)135-71(39(51(62)115)85-21(3)99)140-60-31(13-93)131-70(124)38(50(60)114)84-20(2)98)144-78-69(56(120)46(110)29(11-91)134-78)146-73-41(87-23(5)101)52(116)61(32(14-94)137-73)141-74-57(121)54(118)47(111)36(139-74)18-130-81(79(125)126)7-25(103)42(106)66(148-81)44(108)27(105)9-89/h24-78,88-96,102-124H,6-18H2,1-5H3,(H,83,97)(H,84,98)(H,85,99)(H,86,100)(H,87,101)(H,125,126)(H,127,128)/t24-,25-,26+,27+,28+,29+,30+,31+,32+,33+,34+,35+,36+,37+,38+,39+,40+,41+,42+,43+,44+,45+,46+,47-,48-,49+,50+,51+,52+,53+,54-,55-,56-,57+,58-,59+,60+,61+,62+,63+,64+,65-,66+,67-,68-,69-,70+,71-,72-,73-,74-,75-,76-,77-,78+,81+,82-/m0/s1. The highest BCUT2D eigenvalue weighted by Crippen LogP contribution is 2.45. The molecular formula is C82H135N5O62. The van der Waals surface area contributed by atoms with E-state index in [-0.39, 0.29) is 0 Å². The maximum absolute atomic E-state index is 13.3. The number of hydrogen-bond donors (Lipinski definition) is 39. The van der Waals surface area contributed by atoms with Gasteiger partial charge in [0.05, 0.1) is 90.9 Å². The van der Waals surface area contributed by atoms with Gasteiger partial charge in [-0.3, -0.25) is 24.0 Å². The lowest BCUT2D eigenvalue weighted by Crippen LogP contribution is -2.71. The topological polar surface area (TPSA) is 1060 Å². The highest BCUT2D eigenvalue weighted by atomic mass is 16.8. The summed E-state index contributed by atoms with van der Waals surface area (Å²) in [5.41, 5.74) is 0. The van der Waals surface area contributed by atoms with E-state index < -0.39 is 476 Å². The minimum Gasteiger partial charge on any atom is -0.477 e. The summed E-state index contributed by atoms with van der Waals surface area (Å²) in [5, 5.41) is 393. The number of nitrogens with one attached hydrogen (secondary N) is 5. The highest BCUT2D eigenvalue weighted by molar-refractivity contribution is 5.78. The number of carboxylic acid groups (broad SMARTS) is 2. The van der Waals surface area contributed by atoms with Crippen molar-refractivity contribution in [1.82, 2.24) is 26.6 Å². The van der Waals surface area contributed by atoms with E-state index in [1.165, 1.54) is 0 Å². The molecule has 0 aliphatic carbocycles. The summed E-state index contributed by atoms with van der Waals surface area (Å²) in [5.74, 6) is -15.7. The van der Waals surface area contributed by atoms with Crippen molar-refractivity contribution in [2.45, 2.75) is 396 Å². The number of ether oxygens (including phenoxy) is 21. The van der Waals surface area contributed by atoms with E-state index in [1.807, 2.05) is 0 Å². The molecule has 11 heterocycles. The second kappa shape index (κ2) is 53.0. The number of carbonyl (C=O) groups is 7. The summed E-state index contributed by atoms with van der Waals surface area (Å²) < 4.78 is 124. The second-order valence-corrected chi connectivity index (χ2v) is 37.4. The van der Waals surface area contributed by atoms with Gasteiger partial charge < -0.3 is 300 Å². The van der Waals surface area contributed by atoms with Crippen molar-refractivity contribution in [2.75, 3.05) is 72.7 Å². The second-order valence-electron chi connectivity index (χ2n) is 37.4. The van der Waals surface area contributed by atoms with Gasteiger partial charge in [0.25, 0.3) is 11.6 Å². The van der Waals surface area contributed by atoms with Gasteiger partial charge in [-0.1, -0.05) is 0 Å². The average molecular weight is 2180 g/mol. The van der Waals surface area contributed by atoms with E-state index in [4.69, 9.17) is 99.5 Å². The molecule has 39 N–H and O–H groups in total. The molecule has 0 aromatic carbocycles. The zero-order valence-corrected chi connectivity index (χ0v) is 79.6. The zero-order valence-electron chi connectivity index (χ0n) is 79.6. The van der Waals surface area contributed by atoms with E-state index in [0.717, 1.165) is 34.6 Å². The first-order chi connectivity index (χ1) is 70.2. The van der Waals surface area contributed by atoms with Crippen molar-refractivity contribution in [3.05, 3.63) is 0 Å². The molecule has 11 fully saturated rings. The Morgan fingerprint density at radius 3 is 1.01 bits per heavy atom. The number of hydrogen-bond acceptors (Lipinski definition) is 60. The van der Waals surface area contributed by atoms with Crippen LogP contribution in [0.1, 0.15) is 47.5 Å². The van der Waals surface area contributed by atoms with E-state index in [9.17, 15) is 207 Å². The molecule has 0 spiro atoms. The smallest absolute Gasteiger partial charge is 0.364 e. The summed E-state index contributed by atoms with van der Waals surface area (Å²) in [6.45, 7) is -9.39. The van der Waals surface area contributed by atoms with Crippen LogP contribution in [-0.4, -0.2) is 636 Å². The molecule has 0 aromatic rings. The third-order valence-electron chi connectivity index (χ3n) is 26.9. The van der Waals surface area contributed by atoms with Crippen LogP contribution in [-0.2, 0) is 133 Å². The van der Waals surface area contributed by atoms with E-state index in [0.29, 0.717) is 0 Å². The predicted octanol–water partition coefficient (Wildman–Crippen LogP) is -25.8. The van der Waals surface area contributed by atoms with Crippen LogP contribution in [0.2, 0.25) is 0 Å². The van der Waals surface area contributed by atoms with Gasteiger partial charge in [-0.2, -0.15) is 0 Å². The molecule has 67 heteroatoms. The van der Waals surface area contributed by atoms with Crippen molar-refractivity contribution in [3.63, 3.8) is 0 Å². The van der Waals surface area contributed by atoms with Crippen molar-refractivity contribution >= 4 is 41.5 Å². The maximum Gasteiger partial charge on any atom is 0.364 e. The molecule has 0 radical (unpaired) electrons. The van der Waals surface area contributed by atoms with Crippen molar-refractivity contribution in [2.24, 2.45) is 0 Å². The van der Waals surface area contributed by atoms with E-state index in [2.05, 4.69) is 26.6 Å². The molecular weight excluding hydrogens is 2050 g/mol. The number of aliphatic hydroxyl groups excluding tert-OH is 32. The SMILES string of the molecule is CC(=O)N[C@@H]1[C@@H](O)[C@H](O[C@@H]2O[C@H](CO)[C@@H](O[C@@H]3O[C@H](CO[C@H]4O[C@H](CO)[C@@H](O)[C@H](O)[C@@H]4O[C@@H]4O[C@H](CO)[C@@H](O[C@@H]5O[C@H](CO)[C@H](O)[C@H](O[C@]6(C(=O)O)C[C@H](O)[C@@H](NC(C)=O)[C@H]([C@H](O)[C@H](O)CO)O6)[C@H]5O)[C@H](O)[C@H]4NC(C)=O)[C@@H](O)[C@H](O[C@H]4O[C@H](CO)[C@@H](O)[C@H](O)[C@@H]4O[C@@H]4O[C@H](CO)[C@@H](O[C@@H]5O[C@H](CO[C@]6(C(=O)O)C[C@H](O)[C@@H](O)[C@H]([C@H](O)[C@H](O)CO)O6)[C@H](O)[C@H](O)[C@H]5O)[C@H](O)[C@H]4NC(C)=O)[C@@H]3O)[C@H](O)[C@H]2NC(C)=O)[C@@H](CO)O[C@H]1O. The highest BCUT2D eigenvalue weighted by Gasteiger charge is 2.66. The van der Waals surface area contributed by atoms with Crippen molar-refractivity contribution in [1.29, 1.82) is 0 Å². The first kappa shape index (κ1) is 123. The Labute approximate surface area is 841 Å². The Morgan fingerprint density at radius 2 is 0.591 bits per heavy atom. The molecule has 5 amide bonds. The summed E-state index contributed by atoms with van der Waals surface area (Å²) >= 11 is 0. The van der Waals surface area contributed by atoms with Crippen LogP contribution in [0.25, 0.3) is 0 Å². The Morgan fingerprint density at radius 1 is 0.282 bits per heavy atom. The monoisotopic (exact) mass is 2180 g/mol. The van der Waals surface area contributed by atoms with Gasteiger partial charge in [0.15, 0.2) is 56.6 Å². The fourth-order valence-electron chi connectivity index (χ4n) is 19.1. The Bertz CT molecular complexity index is 4280. The number of amides is 5. The molecule has 11 saturated heterocycles. The molecule has 0 bridgehead atoms. The van der Waals surface area contributed by atoms with Crippen LogP contribution in [0.15, 0.2) is 0 Å². The molecule has 0 aromatic heterocycles. The molecule has 0 unspecified atom stereocenters. The van der Waals surface area contributed by atoms with Crippen LogP contribution in [0, 0.1) is 0 Å². The lowest BCUT2D eigenvalue weighted by Gasteiger charge is -2.51. The number of aliphatic carboxylic acids is 2. The predicted molar refractivity (Wildman–Crippen MR) is 455 cm³/mol. The summed E-state index contributed by atoms with van der Waals surface area (Å²) in [7, 11) is 0. The minimum atomic E-state index is -3.35. The molecule has 860 valence electrons. The number of rotatable bonds is 42. The molecule has 11 rings (SSSR count). The molecule has 11 aliphatic heterocycles. The minimum absolute atomic E-state index is 0.835. The number of carboxylic acids is 2. The lowest BCUT2D eigenvalue weighted by molar-refractivity contribution is -0.400. The van der Waals surface area contributed by atoms with E-state index in [1.54, 1.807) is 0 Å². The van der Waals surface area contributed by atoms with Gasteiger partial charge in [-0.05, 0) is 0 Å². The zero-order chi connectivity index (χ0) is 110. The number of aliphatic hydroxyl groups is 32. The van der Waals surface area contributed by atoms with Crippen LogP contribution >= 0.6 is 0 Å². The van der Waals surface area contributed by atoms with Crippen LogP contribution < -0.4 is 26.6 Å². The first-order valence-corrected chi connectivity index (χ1v) is 46.9. The van der Waals surface area contributed by atoms with Crippen LogP contribution in [0.5, 0.6) is 0 Å². The normalized spacial score (nSPS) is 46.8. The van der Waals surface area contributed by atoms with Gasteiger partial charge >= 0.3 is 11.9 Å². The molecule has 57 atom stereocenters. The quantitative estimate of drug-likeness (QED) is 0.0270. The Hall–Kier alpha value is -5.83. The molecule has 0 saturated carbocycles. The van der Waals surface area contributed by atoms with Gasteiger partial charge in [0.2, 0.25) is 29.5 Å². The summed E-state index contributed by atoms with van der Waals surface area (Å²) in [4.78, 5) is 90.6. The van der Waals surface area contributed by atoms with Crippen LogP contribution in [0.3, 0.4) is 0 Å². The maximum atomic E-state index is 13.3. The third-order valence-corrected chi connectivity index (χ3v) is 26.9. The number of carbonyl (C=O) groups excluding carboxylic acids is 5. The van der Waals surface area contributed by atoms with Crippen LogP contribution in [0.4, 0.5) is 0 Å². The lowest BCUT2D eigenvalue weighted by atomic mass is 9.88. The molecule has 67 nitrogen and oxygen atoms in total. The Balaban J connectivity index is 0.898. The fourth-order valence-corrected chi connectivity index (χ4v) is 19.1. The van der Waals surface area contributed by atoms with Gasteiger partial charge in [0, 0.05) is 47.5 Å². The average Bonchev–Trinajstić information content (AvgIpc) is 0.761. The fraction of sp³-hybridized carbons (Fsp3) is 0.915. The van der Waals surface area contributed by atoms with Crippen molar-refractivity contribution < 1.29 is 307 Å². The van der Waals surface area contributed by atoms with Gasteiger partial charge in [0.1, 0.15) is 262 Å². The van der Waals surface area contributed by atoms with E-state index >= 15 is 0 Å². The van der Waals surface area contributed by atoms with Gasteiger partial charge in [-0.15, -0.1) is 0 Å². The largest absolute Gasteiger partial charge is 0.477 e.